The van der Waals surface area contributed by atoms with Crippen molar-refractivity contribution >= 4 is 29.4 Å². The van der Waals surface area contributed by atoms with Gasteiger partial charge in [-0.2, -0.15) is 4.98 Å². The van der Waals surface area contributed by atoms with Gasteiger partial charge >= 0.3 is 5.88 Å². The molecule has 3 aromatic rings. The molecule has 0 fully saturated rings. The molecule has 1 unspecified atom stereocenters. The first-order valence-electron chi connectivity index (χ1n) is 8.96. The average molecular weight is 411 g/mol. The smallest absolute Gasteiger partial charge is 0.433 e. The van der Waals surface area contributed by atoms with Gasteiger partial charge in [-0.15, -0.1) is 10.2 Å². The SMILES string of the molecule is CCCSc1nnc2c(n1)OC(C=Cc1ccc([N+](=O)[O-])o1)Nc1ccccc1-2. The second kappa shape index (κ2) is 8.31. The topological polar surface area (TPSA) is 116 Å². The normalized spacial score (nSPS) is 15.1. The summed E-state index contributed by atoms with van der Waals surface area (Å²) in [6.45, 7) is 2.08. The van der Waals surface area contributed by atoms with E-state index in [0.717, 1.165) is 23.4 Å². The summed E-state index contributed by atoms with van der Waals surface area (Å²) in [7, 11) is 0. The maximum Gasteiger partial charge on any atom is 0.433 e. The highest BCUT2D eigenvalue weighted by Crippen LogP contribution is 2.36. The van der Waals surface area contributed by atoms with Gasteiger partial charge < -0.3 is 14.5 Å². The van der Waals surface area contributed by atoms with Crippen LogP contribution < -0.4 is 10.1 Å². The first kappa shape index (κ1) is 18.9. The van der Waals surface area contributed by atoms with Crippen LogP contribution in [-0.2, 0) is 0 Å². The Labute approximate surface area is 170 Å². The van der Waals surface area contributed by atoms with Crippen molar-refractivity contribution in [1.82, 2.24) is 15.2 Å². The second-order valence-corrected chi connectivity index (χ2v) is 7.18. The van der Waals surface area contributed by atoms with E-state index in [0.29, 0.717) is 22.5 Å². The molecule has 2 aromatic heterocycles. The molecule has 0 amide bonds. The lowest BCUT2D eigenvalue weighted by Crippen LogP contribution is -2.23. The van der Waals surface area contributed by atoms with Crippen molar-refractivity contribution < 1.29 is 14.1 Å². The molecule has 0 saturated carbocycles. The molecule has 9 nitrogen and oxygen atoms in total. The molecule has 1 N–H and O–H groups in total. The van der Waals surface area contributed by atoms with Gasteiger partial charge in [0.1, 0.15) is 10.7 Å². The molecule has 1 aromatic carbocycles. The van der Waals surface area contributed by atoms with Crippen molar-refractivity contribution in [2.45, 2.75) is 24.7 Å². The Morgan fingerprint density at radius 3 is 2.93 bits per heavy atom. The summed E-state index contributed by atoms with van der Waals surface area (Å²) in [6.07, 6.45) is 3.73. The molecule has 148 valence electrons. The van der Waals surface area contributed by atoms with Crippen LogP contribution in [0.4, 0.5) is 11.6 Å². The number of anilines is 1. The third-order valence-corrected chi connectivity index (χ3v) is 5.06. The minimum atomic E-state index is -0.581. The summed E-state index contributed by atoms with van der Waals surface area (Å²) in [6, 6.07) is 10.5. The molecule has 10 heteroatoms. The number of hydrogen-bond acceptors (Lipinski definition) is 9. The maximum absolute atomic E-state index is 10.8. The molecule has 3 heterocycles. The van der Waals surface area contributed by atoms with Crippen LogP contribution in [-0.4, -0.2) is 32.1 Å². The van der Waals surface area contributed by atoms with Crippen LogP contribution in [0.2, 0.25) is 0 Å². The van der Waals surface area contributed by atoms with Gasteiger partial charge in [-0.1, -0.05) is 36.9 Å². The van der Waals surface area contributed by atoms with E-state index in [9.17, 15) is 10.1 Å². The van der Waals surface area contributed by atoms with E-state index in [1.54, 1.807) is 12.2 Å². The molecule has 0 spiro atoms. The molecule has 1 aliphatic heterocycles. The maximum atomic E-state index is 10.8. The minimum absolute atomic E-state index is 0.315. The molecule has 29 heavy (non-hydrogen) atoms. The van der Waals surface area contributed by atoms with Gasteiger partial charge in [-0.05, 0) is 30.7 Å². The van der Waals surface area contributed by atoms with E-state index in [2.05, 4.69) is 27.4 Å². The van der Waals surface area contributed by atoms with Gasteiger partial charge in [0.25, 0.3) is 0 Å². The van der Waals surface area contributed by atoms with Gasteiger partial charge in [-0.25, -0.2) is 0 Å². The van der Waals surface area contributed by atoms with E-state index in [-0.39, 0.29) is 5.88 Å². The molecule has 0 saturated heterocycles. The number of aromatic nitrogens is 3. The second-order valence-electron chi connectivity index (χ2n) is 6.12. The molecule has 4 rings (SSSR count). The Hall–Kier alpha value is -3.40. The fraction of sp³-hybridized carbons (Fsp3) is 0.211. The Balaban J connectivity index is 1.65. The predicted molar refractivity (Wildman–Crippen MR) is 109 cm³/mol. The van der Waals surface area contributed by atoms with Gasteiger partial charge in [0.05, 0.1) is 6.07 Å². The Bertz CT molecular complexity index is 1070. The van der Waals surface area contributed by atoms with Gasteiger partial charge in [0.15, 0.2) is 11.9 Å². The van der Waals surface area contributed by atoms with Crippen molar-refractivity contribution in [3.8, 4) is 17.1 Å². The lowest BCUT2D eigenvalue weighted by molar-refractivity contribution is -0.402. The molecule has 0 radical (unpaired) electrons. The predicted octanol–water partition coefficient (Wildman–Crippen LogP) is 4.39. The van der Waals surface area contributed by atoms with Crippen molar-refractivity contribution in [1.29, 1.82) is 0 Å². The highest BCUT2D eigenvalue weighted by molar-refractivity contribution is 7.99. The first-order valence-corrected chi connectivity index (χ1v) is 9.95. The fourth-order valence-electron chi connectivity index (χ4n) is 2.72. The molecule has 1 aliphatic rings. The molecule has 0 bridgehead atoms. The van der Waals surface area contributed by atoms with Gasteiger partial charge in [0, 0.05) is 17.0 Å². The quantitative estimate of drug-likeness (QED) is 0.358. The van der Waals surface area contributed by atoms with Crippen LogP contribution in [0.3, 0.4) is 0 Å². The van der Waals surface area contributed by atoms with Crippen LogP contribution in [0, 0.1) is 10.1 Å². The largest absolute Gasteiger partial charge is 0.448 e. The van der Waals surface area contributed by atoms with Crippen LogP contribution in [0.5, 0.6) is 5.88 Å². The Morgan fingerprint density at radius 2 is 2.14 bits per heavy atom. The van der Waals surface area contributed by atoms with Crippen molar-refractivity contribution in [2.75, 3.05) is 11.1 Å². The highest BCUT2D eigenvalue weighted by atomic mass is 32.2. The van der Waals surface area contributed by atoms with Crippen LogP contribution in [0.1, 0.15) is 19.1 Å². The lowest BCUT2D eigenvalue weighted by atomic mass is 10.1. The number of nitrogens with zero attached hydrogens (tertiary/aromatic N) is 4. The standard InChI is InChI=1S/C19H17N5O4S/c1-2-11-29-19-21-18-17(22-23-19)13-5-3-4-6-14(13)20-15(28-18)9-7-12-8-10-16(27-12)24(25)26/h3-10,15,20H,2,11H2,1H3. The van der Waals surface area contributed by atoms with Crippen LogP contribution in [0.15, 0.2) is 52.0 Å². The van der Waals surface area contributed by atoms with Crippen molar-refractivity contribution in [2.24, 2.45) is 0 Å². The number of nitro groups is 1. The first-order chi connectivity index (χ1) is 14.1. The minimum Gasteiger partial charge on any atom is -0.448 e. The van der Waals surface area contributed by atoms with E-state index in [1.807, 2.05) is 24.3 Å². The number of fused-ring (bicyclic) bond motifs is 3. The number of para-hydroxylation sites is 1. The number of rotatable bonds is 6. The Morgan fingerprint density at radius 1 is 1.28 bits per heavy atom. The summed E-state index contributed by atoms with van der Waals surface area (Å²) in [5.41, 5.74) is 2.20. The van der Waals surface area contributed by atoms with Gasteiger partial charge in [-0.3, -0.25) is 10.1 Å². The zero-order valence-corrected chi connectivity index (χ0v) is 16.3. The highest BCUT2D eigenvalue weighted by Gasteiger charge is 2.23. The molecule has 1 atom stereocenters. The van der Waals surface area contributed by atoms with Crippen molar-refractivity contribution in [3.05, 3.63) is 58.3 Å². The van der Waals surface area contributed by atoms with E-state index in [1.165, 1.54) is 23.9 Å². The van der Waals surface area contributed by atoms with E-state index < -0.39 is 11.2 Å². The third-order valence-electron chi connectivity index (χ3n) is 4.02. The molecular formula is C19H17N5O4S. The van der Waals surface area contributed by atoms with E-state index >= 15 is 0 Å². The number of thioether (sulfide) groups is 1. The number of nitrogens with one attached hydrogen (secondary N) is 1. The number of ether oxygens (including phenoxy) is 1. The zero-order chi connectivity index (χ0) is 20.2. The summed E-state index contributed by atoms with van der Waals surface area (Å²) >= 11 is 1.52. The molecular weight excluding hydrogens is 394 g/mol. The van der Waals surface area contributed by atoms with Crippen LogP contribution >= 0.6 is 11.8 Å². The number of hydrogen-bond donors (Lipinski definition) is 1. The third kappa shape index (κ3) is 4.21. The monoisotopic (exact) mass is 411 g/mol. The average Bonchev–Trinajstić information content (AvgIpc) is 3.14. The fourth-order valence-corrected chi connectivity index (χ4v) is 3.35. The number of benzene rings is 1. The summed E-state index contributed by atoms with van der Waals surface area (Å²) in [5, 5.41) is 23.1. The summed E-state index contributed by atoms with van der Waals surface area (Å²) in [4.78, 5) is 14.7. The molecule has 0 aliphatic carbocycles. The Kier molecular flexibility index (Phi) is 5.43. The number of furan rings is 1. The van der Waals surface area contributed by atoms with Gasteiger partial charge in [0.2, 0.25) is 11.0 Å². The van der Waals surface area contributed by atoms with Crippen molar-refractivity contribution in [3.63, 3.8) is 0 Å². The van der Waals surface area contributed by atoms with E-state index in [4.69, 9.17) is 9.15 Å². The summed E-state index contributed by atoms with van der Waals surface area (Å²) < 4.78 is 11.2. The van der Waals surface area contributed by atoms with Crippen LogP contribution in [0.25, 0.3) is 17.3 Å². The summed E-state index contributed by atoms with van der Waals surface area (Å²) in [5.74, 6) is 1.29. The zero-order valence-electron chi connectivity index (χ0n) is 15.4. The lowest BCUT2D eigenvalue weighted by Gasteiger charge is -2.15.